The first kappa shape index (κ1) is 16.4. The van der Waals surface area contributed by atoms with E-state index in [0.717, 1.165) is 0 Å². The van der Waals surface area contributed by atoms with Crippen LogP contribution in [0.3, 0.4) is 0 Å². The van der Waals surface area contributed by atoms with Crippen LogP contribution in [0.5, 0.6) is 5.75 Å². The van der Waals surface area contributed by atoms with E-state index in [1.807, 2.05) is 0 Å². The van der Waals surface area contributed by atoms with Crippen molar-refractivity contribution in [3.63, 3.8) is 0 Å². The minimum absolute atomic E-state index is 0.0186. The summed E-state index contributed by atoms with van der Waals surface area (Å²) in [6.07, 6.45) is 0. The van der Waals surface area contributed by atoms with Crippen LogP contribution in [0.4, 0.5) is 5.69 Å². The molecular weight excluding hydrogens is 401 g/mol. The van der Waals surface area contributed by atoms with Gasteiger partial charge < -0.3 is 5.11 Å². The van der Waals surface area contributed by atoms with Crippen molar-refractivity contribution in [1.29, 1.82) is 0 Å². The topological polar surface area (TPSA) is 66.4 Å². The molecule has 2 N–H and O–H groups in total. The average molecular weight is 411 g/mol. The number of anilines is 1. The third kappa shape index (κ3) is 3.45. The van der Waals surface area contributed by atoms with Gasteiger partial charge in [0.2, 0.25) is 0 Å². The second-order valence-corrected chi connectivity index (χ2v) is 7.62. The number of phenolic OH excluding ortho intramolecular Hbond substituents is 1. The lowest BCUT2D eigenvalue weighted by atomic mass is 10.2. The minimum Gasteiger partial charge on any atom is -0.506 e. The van der Waals surface area contributed by atoms with Crippen LogP contribution in [0.1, 0.15) is 5.56 Å². The molecule has 112 valence electrons. The highest BCUT2D eigenvalue weighted by molar-refractivity contribution is 9.10. The molecular formula is C13H10BrCl2NO3S. The van der Waals surface area contributed by atoms with Crippen LogP contribution in [0.2, 0.25) is 10.0 Å². The lowest BCUT2D eigenvalue weighted by Gasteiger charge is -2.14. The third-order valence-electron chi connectivity index (χ3n) is 2.72. The molecule has 0 aliphatic heterocycles. The van der Waals surface area contributed by atoms with Gasteiger partial charge in [0, 0.05) is 4.47 Å². The molecule has 0 saturated carbocycles. The summed E-state index contributed by atoms with van der Waals surface area (Å²) in [5, 5.41) is 9.75. The Labute approximate surface area is 140 Å². The van der Waals surface area contributed by atoms with Crippen LogP contribution in [-0.2, 0) is 10.0 Å². The summed E-state index contributed by atoms with van der Waals surface area (Å²) in [7, 11) is -4.03. The lowest BCUT2D eigenvalue weighted by Crippen LogP contribution is -2.15. The van der Waals surface area contributed by atoms with Gasteiger partial charge in [-0.05, 0) is 30.7 Å². The Morgan fingerprint density at radius 3 is 2.29 bits per heavy atom. The molecule has 2 aromatic rings. The molecule has 8 heteroatoms. The number of aromatic hydroxyl groups is 1. The smallest absolute Gasteiger partial charge is 0.265 e. The zero-order chi connectivity index (χ0) is 15.8. The van der Waals surface area contributed by atoms with Crippen LogP contribution in [-0.4, -0.2) is 13.5 Å². The van der Waals surface area contributed by atoms with Crippen molar-refractivity contribution in [3.05, 3.63) is 50.4 Å². The van der Waals surface area contributed by atoms with E-state index in [2.05, 4.69) is 20.7 Å². The van der Waals surface area contributed by atoms with E-state index in [-0.39, 0.29) is 26.4 Å². The summed E-state index contributed by atoms with van der Waals surface area (Å²) in [5.74, 6) is -0.178. The van der Waals surface area contributed by atoms with Crippen LogP contribution in [0.15, 0.2) is 39.7 Å². The highest BCUT2D eigenvalue weighted by Crippen LogP contribution is 2.36. The number of hydrogen-bond acceptors (Lipinski definition) is 3. The number of benzene rings is 2. The van der Waals surface area contributed by atoms with Gasteiger partial charge in [0.1, 0.15) is 10.6 Å². The number of aryl methyl sites for hydroxylation is 1. The van der Waals surface area contributed by atoms with Gasteiger partial charge in [0.05, 0.1) is 15.7 Å². The monoisotopic (exact) mass is 409 g/mol. The van der Waals surface area contributed by atoms with E-state index < -0.39 is 10.0 Å². The minimum atomic E-state index is -4.03. The van der Waals surface area contributed by atoms with Gasteiger partial charge in [0.15, 0.2) is 0 Å². The number of sulfonamides is 1. The maximum atomic E-state index is 12.5. The molecule has 0 aromatic heterocycles. The van der Waals surface area contributed by atoms with Crippen molar-refractivity contribution < 1.29 is 13.5 Å². The number of para-hydroxylation sites is 1. The van der Waals surface area contributed by atoms with Crippen molar-refractivity contribution >= 4 is 54.8 Å². The molecule has 0 saturated heterocycles. The highest BCUT2D eigenvalue weighted by atomic mass is 79.9. The maximum Gasteiger partial charge on any atom is 0.265 e. The molecule has 0 fully saturated rings. The summed E-state index contributed by atoms with van der Waals surface area (Å²) in [6.45, 7) is 1.67. The first-order valence-corrected chi connectivity index (χ1v) is 8.71. The SMILES string of the molecule is Cc1cccc(O)c1NS(=O)(=O)c1c(Cl)cc(Br)cc1Cl. The zero-order valence-electron chi connectivity index (χ0n) is 10.7. The normalized spacial score (nSPS) is 11.4. The fourth-order valence-corrected chi connectivity index (χ4v) is 4.84. The molecule has 0 radical (unpaired) electrons. The quantitative estimate of drug-likeness (QED) is 0.728. The number of halogens is 3. The Balaban J connectivity index is 2.54. The number of rotatable bonds is 3. The summed E-state index contributed by atoms with van der Waals surface area (Å²) in [5.41, 5.74) is 0.662. The number of hydrogen-bond donors (Lipinski definition) is 2. The summed E-state index contributed by atoms with van der Waals surface area (Å²) in [6, 6.07) is 7.53. The second kappa shape index (κ2) is 6.04. The molecule has 2 aromatic carbocycles. The van der Waals surface area contributed by atoms with Gasteiger partial charge in [-0.2, -0.15) is 0 Å². The predicted octanol–water partition coefficient (Wildman–Crippen LogP) is 4.57. The third-order valence-corrected chi connectivity index (χ3v) is 5.45. The van der Waals surface area contributed by atoms with E-state index in [0.29, 0.717) is 10.0 Å². The Morgan fingerprint density at radius 1 is 1.19 bits per heavy atom. The lowest BCUT2D eigenvalue weighted by molar-refractivity contribution is 0.477. The predicted molar refractivity (Wildman–Crippen MR) is 87.8 cm³/mol. The highest BCUT2D eigenvalue weighted by Gasteiger charge is 2.24. The molecule has 21 heavy (non-hydrogen) atoms. The van der Waals surface area contributed by atoms with Crippen LogP contribution < -0.4 is 4.72 Å². The Hall–Kier alpha value is -0.950. The van der Waals surface area contributed by atoms with Crippen LogP contribution in [0, 0.1) is 6.92 Å². The van der Waals surface area contributed by atoms with Gasteiger partial charge >= 0.3 is 0 Å². The van der Waals surface area contributed by atoms with Gasteiger partial charge in [-0.3, -0.25) is 4.72 Å². The molecule has 0 spiro atoms. The van der Waals surface area contributed by atoms with E-state index in [1.165, 1.54) is 18.2 Å². The zero-order valence-corrected chi connectivity index (χ0v) is 14.6. The van der Waals surface area contributed by atoms with Gasteiger partial charge in [-0.15, -0.1) is 0 Å². The molecule has 2 rings (SSSR count). The van der Waals surface area contributed by atoms with Gasteiger partial charge in [-0.1, -0.05) is 51.3 Å². The summed E-state index contributed by atoms with van der Waals surface area (Å²) < 4.78 is 27.8. The molecule has 0 amide bonds. The van der Waals surface area contributed by atoms with Crippen molar-refractivity contribution in [3.8, 4) is 5.75 Å². The van der Waals surface area contributed by atoms with E-state index in [9.17, 15) is 13.5 Å². The Bertz CT molecular complexity index is 766. The number of nitrogens with one attached hydrogen (secondary N) is 1. The van der Waals surface area contributed by atoms with Crippen molar-refractivity contribution in [2.75, 3.05) is 4.72 Å². The first-order chi connectivity index (χ1) is 9.72. The maximum absolute atomic E-state index is 12.5. The molecule has 0 aliphatic rings. The van der Waals surface area contributed by atoms with Crippen molar-refractivity contribution in [1.82, 2.24) is 0 Å². The average Bonchev–Trinajstić information content (AvgIpc) is 2.32. The van der Waals surface area contributed by atoms with Crippen molar-refractivity contribution in [2.24, 2.45) is 0 Å². The van der Waals surface area contributed by atoms with Gasteiger partial charge in [-0.25, -0.2) is 8.42 Å². The van der Waals surface area contributed by atoms with E-state index in [1.54, 1.807) is 19.1 Å². The Kier molecular flexibility index (Phi) is 4.72. The summed E-state index contributed by atoms with van der Waals surface area (Å²) >= 11 is 15.1. The van der Waals surface area contributed by atoms with Crippen molar-refractivity contribution in [2.45, 2.75) is 11.8 Å². The van der Waals surface area contributed by atoms with Crippen LogP contribution >= 0.6 is 39.1 Å². The number of phenols is 1. The largest absolute Gasteiger partial charge is 0.506 e. The first-order valence-electron chi connectivity index (χ1n) is 5.68. The van der Waals surface area contributed by atoms with E-state index in [4.69, 9.17) is 23.2 Å². The standard InChI is InChI=1S/C13H10BrCl2NO3S/c1-7-3-2-4-11(18)12(7)17-21(19,20)13-9(15)5-8(14)6-10(13)16/h2-6,17-18H,1H3. The fraction of sp³-hybridized carbons (Fsp3) is 0.0769. The Morgan fingerprint density at radius 2 is 1.76 bits per heavy atom. The van der Waals surface area contributed by atoms with Gasteiger partial charge in [0.25, 0.3) is 10.0 Å². The van der Waals surface area contributed by atoms with Crippen LogP contribution in [0.25, 0.3) is 0 Å². The molecule has 0 aliphatic carbocycles. The van der Waals surface area contributed by atoms with E-state index >= 15 is 0 Å². The molecule has 0 bridgehead atoms. The summed E-state index contributed by atoms with van der Waals surface area (Å²) in [4.78, 5) is -0.239. The molecule has 0 atom stereocenters. The second-order valence-electron chi connectivity index (χ2n) is 4.27. The molecule has 4 nitrogen and oxygen atoms in total. The fourth-order valence-electron chi connectivity index (χ4n) is 1.76. The molecule has 0 unspecified atom stereocenters. The molecule has 0 heterocycles.